The summed E-state index contributed by atoms with van der Waals surface area (Å²) >= 11 is 0. The molecule has 1 N–H and O–H groups in total. The van der Waals surface area contributed by atoms with Crippen molar-refractivity contribution in [1.29, 1.82) is 0 Å². The van der Waals surface area contributed by atoms with Crippen molar-refractivity contribution >= 4 is 15.8 Å². The Hall–Kier alpha value is -0.620. The van der Waals surface area contributed by atoms with Gasteiger partial charge in [0.05, 0.1) is 12.4 Å². The van der Waals surface area contributed by atoms with Gasteiger partial charge in [-0.25, -0.2) is 8.42 Å². The van der Waals surface area contributed by atoms with E-state index in [4.69, 9.17) is 0 Å². The van der Waals surface area contributed by atoms with Crippen molar-refractivity contribution in [1.82, 2.24) is 5.32 Å². The predicted octanol–water partition coefficient (Wildman–Crippen LogP) is 1.91. The predicted molar refractivity (Wildman–Crippen MR) is 83.9 cm³/mol. The molecule has 0 heterocycles. The summed E-state index contributed by atoms with van der Waals surface area (Å²) in [6, 6.07) is -0.0345. The van der Waals surface area contributed by atoms with Gasteiger partial charge in [-0.05, 0) is 38.1 Å². The summed E-state index contributed by atoms with van der Waals surface area (Å²) in [6.45, 7) is 5.00. The van der Waals surface area contributed by atoms with E-state index in [1.807, 2.05) is 0 Å². The summed E-state index contributed by atoms with van der Waals surface area (Å²) in [5.41, 5.74) is 0. The van der Waals surface area contributed by atoms with E-state index < -0.39 is 26.8 Å². The second-order valence-corrected chi connectivity index (χ2v) is 8.17. The third-order valence-electron chi connectivity index (χ3n) is 4.26. The molecule has 1 saturated carbocycles. The van der Waals surface area contributed by atoms with Crippen LogP contribution in [0.3, 0.4) is 0 Å². The van der Waals surface area contributed by atoms with Crippen LogP contribution in [0.2, 0.25) is 0 Å². The van der Waals surface area contributed by atoms with E-state index in [0.717, 1.165) is 38.6 Å². The van der Waals surface area contributed by atoms with E-state index in [0.29, 0.717) is 12.3 Å². The number of sulfone groups is 1. The van der Waals surface area contributed by atoms with Crippen molar-refractivity contribution in [3.8, 4) is 0 Å². The van der Waals surface area contributed by atoms with Crippen LogP contribution in [0.5, 0.6) is 0 Å². The van der Waals surface area contributed by atoms with Crippen LogP contribution in [0.4, 0.5) is 0 Å². The highest BCUT2D eigenvalue weighted by Gasteiger charge is 2.39. The standard InChI is InChI=1S/C15H29NO4S/c1-4-6-12-7-8-13(16-9-5-2)14(10-12)21(18,19)11-15(17)20-3/h12-14,16H,4-11H2,1-3H3. The Kier molecular flexibility index (Phi) is 7.66. The third-order valence-corrected chi connectivity index (χ3v) is 6.34. The molecule has 124 valence electrons. The molecule has 0 saturated heterocycles. The molecule has 0 aromatic rings. The highest BCUT2D eigenvalue weighted by molar-refractivity contribution is 7.92. The number of nitrogens with one attached hydrogen (secondary N) is 1. The molecule has 1 aliphatic carbocycles. The summed E-state index contributed by atoms with van der Waals surface area (Å²) in [5.74, 6) is -0.717. The monoisotopic (exact) mass is 319 g/mol. The maximum absolute atomic E-state index is 12.5. The zero-order valence-electron chi connectivity index (χ0n) is 13.4. The Balaban J connectivity index is 2.83. The first kappa shape index (κ1) is 18.4. The lowest BCUT2D eigenvalue weighted by atomic mass is 9.83. The van der Waals surface area contributed by atoms with Gasteiger partial charge in [0.15, 0.2) is 9.84 Å². The van der Waals surface area contributed by atoms with Crippen molar-refractivity contribution in [2.45, 2.75) is 63.7 Å². The van der Waals surface area contributed by atoms with Crippen molar-refractivity contribution in [3.63, 3.8) is 0 Å². The smallest absolute Gasteiger partial charge is 0.320 e. The number of esters is 1. The summed E-state index contributed by atoms with van der Waals surface area (Å²) < 4.78 is 29.6. The minimum atomic E-state index is -3.46. The van der Waals surface area contributed by atoms with Gasteiger partial charge < -0.3 is 10.1 Å². The number of carbonyl (C=O) groups is 1. The molecule has 5 nitrogen and oxygen atoms in total. The molecule has 0 aromatic carbocycles. The average Bonchev–Trinajstić information content (AvgIpc) is 2.45. The number of hydrogen-bond acceptors (Lipinski definition) is 5. The molecule has 0 bridgehead atoms. The topological polar surface area (TPSA) is 72.5 Å². The number of rotatable bonds is 8. The molecule has 0 spiro atoms. The van der Waals surface area contributed by atoms with Gasteiger partial charge in [-0.2, -0.15) is 0 Å². The van der Waals surface area contributed by atoms with Gasteiger partial charge in [0, 0.05) is 6.04 Å². The minimum absolute atomic E-state index is 0.0345. The normalized spacial score (nSPS) is 26.5. The number of ether oxygens (including phenoxy) is 1. The molecule has 1 fully saturated rings. The maximum Gasteiger partial charge on any atom is 0.320 e. The van der Waals surface area contributed by atoms with E-state index in [-0.39, 0.29) is 6.04 Å². The van der Waals surface area contributed by atoms with Gasteiger partial charge in [-0.3, -0.25) is 4.79 Å². The molecule has 6 heteroatoms. The van der Waals surface area contributed by atoms with Gasteiger partial charge in [-0.15, -0.1) is 0 Å². The minimum Gasteiger partial charge on any atom is -0.468 e. The fourth-order valence-corrected chi connectivity index (χ4v) is 5.13. The van der Waals surface area contributed by atoms with Crippen molar-refractivity contribution in [2.24, 2.45) is 5.92 Å². The lowest BCUT2D eigenvalue weighted by molar-refractivity contribution is -0.137. The quantitative estimate of drug-likeness (QED) is 0.692. The lowest BCUT2D eigenvalue weighted by Crippen LogP contribution is -2.49. The van der Waals surface area contributed by atoms with Crippen molar-refractivity contribution in [3.05, 3.63) is 0 Å². The molecule has 1 aliphatic rings. The molecule has 0 aliphatic heterocycles. The fraction of sp³-hybridized carbons (Fsp3) is 0.933. The summed E-state index contributed by atoms with van der Waals surface area (Å²) in [4.78, 5) is 11.4. The Labute approximate surface area is 128 Å². The molecular formula is C15H29NO4S. The molecule has 0 aromatic heterocycles. The Morgan fingerprint density at radius 2 is 1.95 bits per heavy atom. The number of carbonyl (C=O) groups excluding carboxylic acids is 1. The van der Waals surface area contributed by atoms with Crippen LogP contribution in [0, 0.1) is 5.92 Å². The summed E-state index contributed by atoms with van der Waals surface area (Å²) in [6.07, 6.45) is 5.70. The van der Waals surface area contributed by atoms with E-state index in [2.05, 4.69) is 23.9 Å². The van der Waals surface area contributed by atoms with Crippen LogP contribution in [0.1, 0.15) is 52.4 Å². The SMILES string of the molecule is CCCNC1CCC(CCC)CC1S(=O)(=O)CC(=O)OC. The van der Waals surface area contributed by atoms with Gasteiger partial charge in [0.2, 0.25) is 0 Å². The number of methoxy groups -OCH3 is 1. The van der Waals surface area contributed by atoms with E-state index in [9.17, 15) is 13.2 Å². The second kappa shape index (κ2) is 8.73. The first-order chi connectivity index (χ1) is 9.94. The van der Waals surface area contributed by atoms with E-state index in [1.54, 1.807) is 0 Å². The summed E-state index contributed by atoms with van der Waals surface area (Å²) in [5, 5.41) is 2.89. The largest absolute Gasteiger partial charge is 0.468 e. The Bertz CT molecular complexity index is 421. The first-order valence-electron chi connectivity index (χ1n) is 7.96. The maximum atomic E-state index is 12.5. The van der Waals surface area contributed by atoms with Crippen LogP contribution in [-0.4, -0.2) is 45.1 Å². The second-order valence-electron chi connectivity index (χ2n) is 5.95. The zero-order valence-corrected chi connectivity index (χ0v) is 14.2. The van der Waals surface area contributed by atoms with Gasteiger partial charge in [0.1, 0.15) is 5.75 Å². The molecule has 0 radical (unpaired) electrons. The van der Waals surface area contributed by atoms with Crippen LogP contribution < -0.4 is 5.32 Å². The molecular weight excluding hydrogens is 290 g/mol. The van der Waals surface area contributed by atoms with Crippen LogP contribution in [0.25, 0.3) is 0 Å². The Morgan fingerprint density at radius 1 is 1.24 bits per heavy atom. The van der Waals surface area contributed by atoms with E-state index >= 15 is 0 Å². The highest BCUT2D eigenvalue weighted by atomic mass is 32.2. The summed E-state index contributed by atoms with van der Waals surface area (Å²) in [7, 11) is -2.23. The molecule has 1 rings (SSSR count). The van der Waals surface area contributed by atoms with Crippen LogP contribution >= 0.6 is 0 Å². The number of hydrogen-bond donors (Lipinski definition) is 1. The Morgan fingerprint density at radius 3 is 2.52 bits per heavy atom. The van der Waals surface area contributed by atoms with Gasteiger partial charge >= 0.3 is 5.97 Å². The average molecular weight is 319 g/mol. The molecule has 21 heavy (non-hydrogen) atoms. The van der Waals surface area contributed by atoms with Gasteiger partial charge in [0.25, 0.3) is 0 Å². The molecule has 3 atom stereocenters. The third kappa shape index (κ3) is 5.58. The van der Waals surface area contributed by atoms with Crippen LogP contribution in [-0.2, 0) is 19.4 Å². The lowest BCUT2D eigenvalue weighted by Gasteiger charge is -2.36. The molecule has 0 amide bonds. The van der Waals surface area contributed by atoms with Gasteiger partial charge in [-0.1, -0.05) is 26.7 Å². The molecule has 3 unspecified atom stereocenters. The zero-order chi connectivity index (χ0) is 15.9. The fourth-order valence-electron chi connectivity index (χ4n) is 3.17. The van der Waals surface area contributed by atoms with E-state index in [1.165, 1.54) is 7.11 Å². The van der Waals surface area contributed by atoms with Crippen molar-refractivity contribution in [2.75, 3.05) is 19.4 Å². The first-order valence-corrected chi connectivity index (χ1v) is 9.67. The highest BCUT2D eigenvalue weighted by Crippen LogP contribution is 2.32. The van der Waals surface area contributed by atoms with Crippen LogP contribution in [0.15, 0.2) is 0 Å². The van der Waals surface area contributed by atoms with Crippen molar-refractivity contribution < 1.29 is 17.9 Å².